The molecule has 5 heteroatoms. The molecule has 2 heterocycles. The van der Waals surface area contributed by atoms with Crippen molar-refractivity contribution in [3.8, 4) is 0 Å². The molecule has 0 aliphatic carbocycles. The van der Waals surface area contributed by atoms with Crippen LogP contribution in [0.15, 0.2) is 18.3 Å². The zero-order valence-electron chi connectivity index (χ0n) is 13.3. The molecule has 1 aliphatic rings. The molecule has 1 fully saturated rings. The molecule has 5 nitrogen and oxygen atoms in total. The van der Waals surface area contributed by atoms with Crippen LogP contribution in [0.5, 0.6) is 0 Å². The lowest BCUT2D eigenvalue weighted by atomic mass is 10.0. The van der Waals surface area contributed by atoms with Crippen molar-refractivity contribution >= 4 is 11.6 Å². The van der Waals surface area contributed by atoms with Gasteiger partial charge in [0.25, 0.3) is 5.91 Å². The lowest BCUT2D eigenvalue weighted by Gasteiger charge is -2.35. The summed E-state index contributed by atoms with van der Waals surface area (Å²) in [5, 5.41) is 3.27. The first kappa shape index (κ1) is 15.8. The predicted octanol–water partition coefficient (Wildman–Crippen LogP) is 2.07. The molecule has 2 rings (SSSR count). The summed E-state index contributed by atoms with van der Waals surface area (Å²) in [5.41, 5.74) is 1.51. The second-order valence-electron chi connectivity index (χ2n) is 5.87. The van der Waals surface area contributed by atoms with E-state index in [0.29, 0.717) is 11.7 Å². The third kappa shape index (κ3) is 4.17. The van der Waals surface area contributed by atoms with Gasteiger partial charge in [-0.3, -0.25) is 4.79 Å². The molecule has 0 spiro atoms. The molecule has 1 aromatic rings. The zero-order chi connectivity index (χ0) is 15.2. The van der Waals surface area contributed by atoms with Crippen LogP contribution in [0.1, 0.15) is 36.7 Å². The van der Waals surface area contributed by atoms with Gasteiger partial charge >= 0.3 is 0 Å². The van der Waals surface area contributed by atoms with E-state index in [1.807, 2.05) is 17.0 Å². The lowest BCUT2D eigenvalue weighted by Crippen LogP contribution is -2.47. The zero-order valence-corrected chi connectivity index (χ0v) is 13.3. The SMILES string of the molecule is CCCNc1ccc(C(=O)N2CCCC(N(C)C)C2)nc1. The van der Waals surface area contributed by atoms with Gasteiger partial charge in [0.1, 0.15) is 5.69 Å². The number of amides is 1. The number of hydrogen-bond donors (Lipinski definition) is 1. The number of anilines is 1. The van der Waals surface area contributed by atoms with Gasteiger partial charge in [-0.1, -0.05) is 6.92 Å². The predicted molar refractivity (Wildman–Crippen MR) is 85.6 cm³/mol. The molecule has 1 amide bonds. The third-order valence-corrected chi connectivity index (χ3v) is 3.98. The largest absolute Gasteiger partial charge is 0.384 e. The van der Waals surface area contributed by atoms with Crippen LogP contribution in [0, 0.1) is 0 Å². The molecule has 21 heavy (non-hydrogen) atoms. The average molecular weight is 290 g/mol. The second-order valence-corrected chi connectivity index (χ2v) is 5.87. The minimum absolute atomic E-state index is 0.0450. The Bertz CT molecular complexity index is 458. The molecule has 1 atom stereocenters. The van der Waals surface area contributed by atoms with Crippen molar-refractivity contribution in [2.75, 3.05) is 39.0 Å². The Balaban J connectivity index is 1.99. The van der Waals surface area contributed by atoms with Gasteiger partial charge < -0.3 is 15.1 Å². The highest BCUT2D eigenvalue weighted by Gasteiger charge is 2.26. The van der Waals surface area contributed by atoms with E-state index >= 15 is 0 Å². The number of nitrogens with zero attached hydrogens (tertiary/aromatic N) is 3. The summed E-state index contributed by atoms with van der Waals surface area (Å²) in [6.07, 6.45) is 5.03. The fraction of sp³-hybridized carbons (Fsp3) is 0.625. The van der Waals surface area contributed by atoms with Crippen molar-refractivity contribution in [2.24, 2.45) is 0 Å². The van der Waals surface area contributed by atoms with Crippen LogP contribution < -0.4 is 5.32 Å². The summed E-state index contributed by atoms with van der Waals surface area (Å²) >= 11 is 0. The standard InChI is InChI=1S/C16H26N4O/c1-4-9-17-13-7-8-15(18-11-13)16(21)20-10-5-6-14(12-20)19(2)3/h7-8,11,14,17H,4-6,9-10,12H2,1-3H3. The van der Waals surface area contributed by atoms with Crippen molar-refractivity contribution in [2.45, 2.75) is 32.2 Å². The van der Waals surface area contributed by atoms with Gasteiger partial charge in [0, 0.05) is 25.7 Å². The molecule has 0 aromatic carbocycles. The van der Waals surface area contributed by atoms with Gasteiger partial charge in [0.2, 0.25) is 0 Å². The third-order valence-electron chi connectivity index (χ3n) is 3.98. The molecule has 116 valence electrons. The van der Waals surface area contributed by atoms with E-state index in [9.17, 15) is 4.79 Å². The van der Waals surface area contributed by atoms with E-state index in [-0.39, 0.29) is 5.91 Å². The fourth-order valence-corrected chi connectivity index (χ4v) is 2.62. The Hall–Kier alpha value is -1.62. The van der Waals surface area contributed by atoms with Crippen molar-refractivity contribution in [3.05, 3.63) is 24.0 Å². The Morgan fingerprint density at radius 2 is 2.29 bits per heavy atom. The van der Waals surface area contributed by atoms with Gasteiger partial charge in [-0.25, -0.2) is 4.98 Å². The maximum Gasteiger partial charge on any atom is 0.272 e. The van der Waals surface area contributed by atoms with E-state index in [2.05, 4.69) is 36.2 Å². The molecule has 0 radical (unpaired) electrons. The number of piperidine rings is 1. The summed E-state index contributed by atoms with van der Waals surface area (Å²) in [5.74, 6) is 0.0450. The molecular formula is C16H26N4O. The smallest absolute Gasteiger partial charge is 0.272 e. The first-order chi connectivity index (χ1) is 10.1. The van der Waals surface area contributed by atoms with Gasteiger partial charge in [-0.15, -0.1) is 0 Å². The molecule has 1 N–H and O–H groups in total. The van der Waals surface area contributed by atoms with E-state index in [1.165, 1.54) is 0 Å². The van der Waals surface area contributed by atoms with Crippen LogP contribution in [0.4, 0.5) is 5.69 Å². The molecule has 0 bridgehead atoms. The number of likely N-dealkylation sites (tertiary alicyclic amines) is 1. The van der Waals surface area contributed by atoms with Crippen molar-refractivity contribution in [3.63, 3.8) is 0 Å². The first-order valence-corrected chi connectivity index (χ1v) is 7.77. The number of nitrogens with one attached hydrogen (secondary N) is 1. The second kappa shape index (κ2) is 7.41. The summed E-state index contributed by atoms with van der Waals surface area (Å²) < 4.78 is 0. The number of aromatic nitrogens is 1. The average Bonchev–Trinajstić information content (AvgIpc) is 2.53. The molecule has 1 aliphatic heterocycles. The monoisotopic (exact) mass is 290 g/mol. The number of rotatable bonds is 5. The minimum Gasteiger partial charge on any atom is -0.384 e. The number of hydrogen-bond acceptors (Lipinski definition) is 4. The fourth-order valence-electron chi connectivity index (χ4n) is 2.62. The molecule has 1 saturated heterocycles. The van der Waals surface area contributed by atoms with Crippen molar-refractivity contribution in [1.82, 2.24) is 14.8 Å². The molecule has 0 saturated carbocycles. The topological polar surface area (TPSA) is 48.5 Å². The van der Waals surface area contributed by atoms with Crippen LogP contribution in [0.2, 0.25) is 0 Å². The Morgan fingerprint density at radius 1 is 1.48 bits per heavy atom. The van der Waals surface area contributed by atoms with Crippen LogP contribution in [-0.4, -0.2) is 60.5 Å². The molecule has 1 unspecified atom stereocenters. The van der Waals surface area contributed by atoms with Gasteiger partial charge in [-0.2, -0.15) is 0 Å². The van der Waals surface area contributed by atoms with Crippen LogP contribution in [0.3, 0.4) is 0 Å². The molecule has 1 aromatic heterocycles. The summed E-state index contributed by atoms with van der Waals surface area (Å²) in [6.45, 7) is 4.67. The normalized spacial score (nSPS) is 18.9. The van der Waals surface area contributed by atoms with Crippen molar-refractivity contribution < 1.29 is 4.79 Å². The number of carbonyl (C=O) groups excluding carboxylic acids is 1. The van der Waals surface area contributed by atoms with Crippen molar-refractivity contribution in [1.29, 1.82) is 0 Å². The van der Waals surface area contributed by atoms with E-state index in [4.69, 9.17) is 0 Å². The van der Waals surface area contributed by atoms with Crippen LogP contribution >= 0.6 is 0 Å². The first-order valence-electron chi connectivity index (χ1n) is 7.77. The van der Waals surface area contributed by atoms with E-state index < -0.39 is 0 Å². The Morgan fingerprint density at radius 3 is 2.90 bits per heavy atom. The number of carbonyl (C=O) groups is 1. The summed E-state index contributed by atoms with van der Waals surface area (Å²) in [6, 6.07) is 4.20. The number of likely N-dealkylation sites (N-methyl/N-ethyl adjacent to an activating group) is 1. The Labute approximate surface area is 127 Å². The highest BCUT2D eigenvalue weighted by atomic mass is 16.2. The summed E-state index contributed by atoms with van der Waals surface area (Å²) in [4.78, 5) is 21.0. The van der Waals surface area contributed by atoms with Crippen LogP contribution in [-0.2, 0) is 0 Å². The Kier molecular flexibility index (Phi) is 5.56. The highest BCUT2D eigenvalue weighted by molar-refractivity contribution is 5.92. The van der Waals surface area contributed by atoms with Gasteiger partial charge in [-0.05, 0) is 45.5 Å². The van der Waals surface area contributed by atoms with E-state index in [0.717, 1.165) is 44.6 Å². The van der Waals surface area contributed by atoms with Gasteiger partial charge in [0.05, 0.1) is 11.9 Å². The summed E-state index contributed by atoms with van der Waals surface area (Å²) in [7, 11) is 4.15. The maximum absolute atomic E-state index is 12.5. The highest BCUT2D eigenvalue weighted by Crippen LogP contribution is 2.16. The van der Waals surface area contributed by atoms with Gasteiger partial charge in [0.15, 0.2) is 0 Å². The van der Waals surface area contributed by atoms with E-state index in [1.54, 1.807) is 6.20 Å². The quantitative estimate of drug-likeness (QED) is 0.902. The number of pyridine rings is 1. The molecular weight excluding hydrogens is 264 g/mol. The maximum atomic E-state index is 12.5. The van der Waals surface area contributed by atoms with Crippen LogP contribution in [0.25, 0.3) is 0 Å². The lowest BCUT2D eigenvalue weighted by molar-refractivity contribution is 0.0629. The minimum atomic E-state index is 0.0450.